The number of nitrogens with zero attached hydrogens (tertiary/aromatic N) is 1. The molecule has 1 saturated heterocycles. The van der Waals surface area contributed by atoms with Gasteiger partial charge in [-0.25, -0.2) is 0 Å². The maximum atomic E-state index is 12.2. The van der Waals surface area contributed by atoms with E-state index in [2.05, 4.69) is 5.32 Å². The number of hydrogen-bond donors (Lipinski definition) is 1. The quantitative estimate of drug-likeness (QED) is 0.844. The summed E-state index contributed by atoms with van der Waals surface area (Å²) in [5, 5.41) is 3.24. The largest absolute Gasteiger partial charge is 0.380 e. The van der Waals surface area contributed by atoms with Crippen LogP contribution in [0.3, 0.4) is 0 Å². The van der Waals surface area contributed by atoms with E-state index in [1.807, 2.05) is 29.2 Å². The molecule has 1 aliphatic rings. The topological polar surface area (TPSA) is 41.6 Å². The van der Waals surface area contributed by atoms with Crippen LogP contribution in [0.25, 0.3) is 0 Å². The van der Waals surface area contributed by atoms with Gasteiger partial charge in [-0.05, 0) is 17.7 Å². The highest BCUT2D eigenvalue weighted by molar-refractivity contribution is 5.94. The van der Waals surface area contributed by atoms with Crippen molar-refractivity contribution in [1.82, 2.24) is 10.2 Å². The minimum atomic E-state index is 0.115. The van der Waals surface area contributed by atoms with Gasteiger partial charge in [-0.15, -0.1) is 0 Å². The normalized spacial score (nSPS) is 15.9. The van der Waals surface area contributed by atoms with E-state index in [4.69, 9.17) is 4.74 Å². The lowest BCUT2D eigenvalue weighted by Gasteiger charge is -2.27. The Balaban J connectivity index is 2.09. The predicted molar refractivity (Wildman–Crippen MR) is 65.9 cm³/mol. The molecule has 1 N–H and O–H groups in total. The molecule has 1 aromatic rings. The lowest BCUT2D eigenvalue weighted by molar-refractivity contribution is 0.0735. The van der Waals surface area contributed by atoms with E-state index >= 15 is 0 Å². The molecule has 0 spiro atoms. The molecular formula is C13H18N2O2. The molecule has 17 heavy (non-hydrogen) atoms. The molecule has 0 bridgehead atoms. The van der Waals surface area contributed by atoms with Crippen molar-refractivity contribution in [2.45, 2.75) is 6.61 Å². The lowest BCUT2D eigenvalue weighted by Crippen LogP contribution is -2.46. The molecular weight excluding hydrogens is 216 g/mol. The van der Waals surface area contributed by atoms with Gasteiger partial charge >= 0.3 is 0 Å². The second kappa shape index (κ2) is 5.80. The first-order valence-electron chi connectivity index (χ1n) is 5.89. The number of piperazine rings is 1. The van der Waals surface area contributed by atoms with E-state index in [1.165, 1.54) is 0 Å². The maximum absolute atomic E-state index is 12.2. The highest BCUT2D eigenvalue weighted by atomic mass is 16.5. The number of hydrogen-bond acceptors (Lipinski definition) is 3. The van der Waals surface area contributed by atoms with Gasteiger partial charge in [-0.2, -0.15) is 0 Å². The maximum Gasteiger partial charge on any atom is 0.253 e. The summed E-state index contributed by atoms with van der Waals surface area (Å²) in [6, 6.07) is 7.65. The van der Waals surface area contributed by atoms with Crippen molar-refractivity contribution in [3.8, 4) is 0 Å². The third-order valence-corrected chi connectivity index (χ3v) is 2.89. The minimum absolute atomic E-state index is 0.115. The van der Waals surface area contributed by atoms with Crippen LogP contribution in [0.2, 0.25) is 0 Å². The summed E-state index contributed by atoms with van der Waals surface area (Å²) < 4.78 is 5.07. The van der Waals surface area contributed by atoms with Gasteiger partial charge in [0.2, 0.25) is 0 Å². The van der Waals surface area contributed by atoms with E-state index in [0.717, 1.165) is 37.3 Å². The monoisotopic (exact) mass is 234 g/mol. The summed E-state index contributed by atoms with van der Waals surface area (Å²) in [6.45, 7) is 3.87. The van der Waals surface area contributed by atoms with Gasteiger partial charge in [-0.3, -0.25) is 4.79 Å². The number of nitrogens with one attached hydrogen (secondary N) is 1. The summed E-state index contributed by atoms with van der Waals surface area (Å²) in [6.07, 6.45) is 0. The van der Waals surface area contributed by atoms with Crippen molar-refractivity contribution in [3.05, 3.63) is 35.4 Å². The summed E-state index contributed by atoms with van der Waals surface area (Å²) in [5.74, 6) is 0.115. The molecule has 1 amide bonds. The van der Waals surface area contributed by atoms with Gasteiger partial charge in [0, 0.05) is 38.9 Å². The number of methoxy groups -OCH3 is 1. The van der Waals surface area contributed by atoms with Crippen LogP contribution >= 0.6 is 0 Å². The number of amides is 1. The molecule has 0 atom stereocenters. The molecule has 0 unspecified atom stereocenters. The molecule has 0 radical (unpaired) electrons. The Hall–Kier alpha value is -1.39. The highest BCUT2D eigenvalue weighted by Crippen LogP contribution is 2.10. The number of ether oxygens (including phenoxy) is 1. The van der Waals surface area contributed by atoms with Gasteiger partial charge in [-0.1, -0.05) is 12.1 Å². The zero-order valence-corrected chi connectivity index (χ0v) is 10.1. The van der Waals surface area contributed by atoms with E-state index in [9.17, 15) is 4.79 Å². The van der Waals surface area contributed by atoms with Crippen LogP contribution in [0, 0.1) is 0 Å². The van der Waals surface area contributed by atoms with E-state index in [-0.39, 0.29) is 5.91 Å². The molecule has 2 rings (SSSR count). The lowest BCUT2D eigenvalue weighted by atomic mass is 10.1. The van der Waals surface area contributed by atoms with Crippen molar-refractivity contribution >= 4 is 5.91 Å². The van der Waals surface area contributed by atoms with Crippen molar-refractivity contribution in [2.75, 3.05) is 33.3 Å². The summed E-state index contributed by atoms with van der Waals surface area (Å²) in [5.41, 5.74) is 1.79. The average Bonchev–Trinajstić information content (AvgIpc) is 2.40. The molecule has 92 valence electrons. The molecule has 1 heterocycles. The number of carbonyl (C=O) groups excluding carboxylic acids is 1. The number of benzene rings is 1. The van der Waals surface area contributed by atoms with Gasteiger partial charge in [0.15, 0.2) is 0 Å². The third kappa shape index (κ3) is 3.05. The van der Waals surface area contributed by atoms with Crippen molar-refractivity contribution < 1.29 is 9.53 Å². The highest BCUT2D eigenvalue weighted by Gasteiger charge is 2.17. The number of carbonyl (C=O) groups is 1. The first-order chi connectivity index (χ1) is 8.31. The SMILES string of the molecule is COCc1cccc(C(=O)N2CCNCC2)c1. The zero-order valence-electron chi connectivity index (χ0n) is 10.1. The number of rotatable bonds is 3. The van der Waals surface area contributed by atoms with Crippen molar-refractivity contribution in [1.29, 1.82) is 0 Å². The van der Waals surface area contributed by atoms with Crippen molar-refractivity contribution in [2.24, 2.45) is 0 Å². The Labute approximate surface area is 102 Å². The second-order valence-corrected chi connectivity index (χ2v) is 4.18. The van der Waals surface area contributed by atoms with Gasteiger partial charge in [0.25, 0.3) is 5.91 Å². The molecule has 4 nitrogen and oxygen atoms in total. The fourth-order valence-corrected chi connectivity index (χ4v) is 2.01. The van der Waals surface area contributed by atoms with Crippen molar-refractivity contribution in [3.63, 3.8) is 0 Å². The molecule has 4 heteroatoms. The Bertz CT molecular complexity index is 387. The molecule has 0 saturated carbocycles. The molecule has 1 aliphatic heterocycles. The third-order valence-electron chi connectivity index (χ3n) is 2.89. The van der Waals surface area contributed by atoms with Crippen LogP contribution in [0.4, 0.5) is 0 Å². The summed E-state index contributed by atoms with van der Waals surface area (Å²) in [4.78, 5) is 14.1. The first kappa shape index (κ1) is 12.1. The smallest absolute Gasteiger partial charge is 0.253 e. The van der Waals surface area contributed by atoms with Crippen LogP contribution in [-0.2, 0) is 11.3 Å². The van der Waals surface area contributed by atoms with Crippen LogP contribution in [0.15, 0.2) is 24.3 Å². The van der Waals surface area contributed by atoms with Gasteiger partial charge in [0.05, 0.1) is 6.61 Å². The van der Waals surface area contributed by atoms with Crippen LogP contribution < -0.4 is 5.32 Å². The van der Waals surface area contributed by atoms with E-state index in [0.29, 0.717) is 6.61 Å². The molecule has 0 aliphatic carbocycles. The Kier molecular flexibility index (Phi) is 4.12. The molecule has 1 aromatic carbocycles. The summed E-state index contributed by atoms with van der Waals surface area (Å²) in [7, 11) is 1.66. The standard InChI is InChI=1S/C13H18N2O2/c1-17-10-11-3-2-4-12(9-11)13(16)15-7-5-14-6-8-15/h2-4,9,14H,5-8,10H2,1H3. The van der Waals surface area contributed by atoms with Crippen LogP contribution in [0.5, 0.6) is 0 Å². The Morgan fingerprint density at radius 1 is 1.41 bits per heavy atom. The fourth-order valence-electron chi connectivity index (χ4n) is 2.01. The fraction of sp³-hybridized carbons (Fsp3) is 0.462. The van der Waals surface area contributed by atoms with Crippen LogP contribution in [-0.4, -0.2) is 44.1 Å². The summed E-state index contributed by atoms with van der Waals surface area (Å²) >= 11 is 0. The zero-order chi connectivity index (χ0) is 12.1. The van der Waals surface area contributed by atoms with Crippen LogP contribution in [0.1, 0.15) is 15.9 Å². The first-order valence-corrected chi connectivity index (χ1v) is 5.89. The average molecular weight is 234 g/mol. The molecule has 1 fully saturated rings. The molecule has 0 aromatic heterocycles. The van der Waals surface area contributed by atoms with Gasteiger partial charge in [0.1, 0.15) is 0 Å². The van der Waals surface area contributed by atoms with E-state index in [1.54, 1.807) is 7.11 Å². The Morgan fingerprint density at radius 3 is 2.88 bits per heavy atom. The predicted octanol–water partition coefficient (Wildman–Crippen LogP) is 0.878. The van der Waals surface area contributed by atoms with E-state index < -0.39 is 0 Å². The second-order valence-electron chi connectivity index (χ2n) is 4.18. The minimum Gasteiger partial charge on any atom is -0.380 e. The Morgan fingerprint density at radius 2 is 2.18 bits per heavy atom. The van der Waals surface area contributed by atoms with Gasteiger partial charge < -0.3 is 15.0 Å².